The first-order chi connectivity index (χ1) is 10.3. The van der Waals surface area contributed by atoms with Gasteiger partial charge in [-0.15, -0.1) is 0 Å². The smallest absolute Gasteiger partial charge is 0.340 e. The summed E-state index contributed by atoms with van der Waals surface area (Å²) in [5.74, 6) is -1.84. The number of methoxy groups -OCH3 is 1. The molecular weight excluding hydrogens is 398 g/mol. The van der Waals surface area contributed by atoms with E-state index in [1.807, 2.05) is 0 Å². The molecule has 22 heavy (non-hydrogen) atoms. The lowest BCUT2D eigenvalue weighted by Gasteiger charge is -2.13. The molecule has 0 N–H and O–H groups in total. The lowest BCUT2D eigenvalue weighted by Crippen LogP contribution is -2.07. The van der Waals surface area contributed by atoms with Gasteiger partial charge in [0, 0.05) is 11.8 Å². The molecule has 2 rings (SSSR count). The minimum Gasteiger partial charge on any atom is -0.465 e. The van der Waals surface area contributed by atoms with Gasteiger partial charge in [0.1, 0.15) is 5.69 Å². The largest absolute Gasteiger partial charge is 0.465 e. The van der Waals surface area contributed by atoms with Gasteiger partial charge in [0.25, 0.3) is 0 Å². The summed E-state index contributed by atoms with van der Waals surface area (Å²) in [5, 5.41) is -0.523. The van der Waals surface area contributed by atoms with Gasteiger partial charge in [-0.2, -0.15) is 0 Å². The van der Waals surface area contributed by atoms with E-state index < -0.39 is 11.8 Å². The molecule has 0 saturated heterocycles. The van der Waals surface area contributed by atoms with E-state index in [4.69, 9.17) is 58.0 Å². The average molecular weight is 403 g/mol. The van der Waals surface area contributed by atoms with Crippen LogP contribution in [0, 0.1) is 5.82 Å². The molecule has 0 aliphatic carbocycles. The molecule has 3 nitrogen and oxygen atoms in total. The van der Waals surface area contributed by atoms with E-state index in [0.29, 0.717) is 0 Å². The van der Waals surface area contributed by atoms with Gasteiger partial charge in [-0.25, -0.2) is 9.18 Å². The van der Waals surface area contributed by atoms with Crippen LogP contribution in [0.3, 0.4) is 0 Å². The fourth-order valence-corrected chi connectivity index (χ4v) is 3.02. The van der Waals surface area contributed by atoms with Crippen LogP contribution in [0.4, 0.5) is 4.39 Å². The number of halogens is 6. The first kappa shape index (κ1) is 17.6. The van der Waals surface area contributed by atoms with Crippen molar-refractivity contribution in [1.82, 2.24) is 4.98 Å². The number of pyridine rings is 1. The maximum atomic E-state index is 14.5. The molecule has 1 heterocycles. The Balaban J connectivity index is 2.82. The summed E-state index contributed by atoms with van der Waals surface area (Å²) in [7, 11) is 1.12. The number of hydrogen-bond acceptors (Lipinski definition) is 3. The molecule has 0 spiro atoms. The normalized spacial score (nSPS) is 10.7. The van der Waals surface area contributed by atoms with Crippen molar-refractivity contribution >= 4 is 64.0 Å². The second kappa shape index (κ2) is 6.77. The van der Waals surface area contributed by atoms with E-state index in [2.05, 4.69) is 9.72 Å². The molecule has 1 aromatic heterocycles. The van der Waals surface area contributed by atoms with Gasteiger partial charge >= 0.3 is 5.97 Å². The minimum absolute atomic E-state index is 0.0633. The second-order valence-electron chi connectivity index (χ2n) is 3.96. The zero-order valence-corrected chi connectivity index (χ0v) is 14.5. The first-order valence-electron chi connectivity index (χ1n) is 5.55. The average Bonchev–Trinajstić information content (AvgIpc) is 2.52. The molecule has 0 radical (unpaired) electrons. The molecule has 0 bridgehead atoms. The number of esters is 1. The van der Waals surface area contributed by atoms with Gasteiger partial charge < -0.3 is 4.74 Å². The molecule has 0 unspecified atom stereocenters. The van der Waals surface area contributed by atoms with Crippen LogP contribution in [-0.4, -0.2) is 18.1 Å². The third-order valence-corrected chi connectivity index (χ3v) is 5.02. The molecule has 0 fully saturated rings. The highest BCUT2D eigenvalue weighted by atomic mass is 35.5. The van der Waals surface area contributed by atoms with E-state index in [0.717, 1.165) is 13.2 Å². The Hall–Kier alpha value is -0.780. The molecule has 9 heteroatoms. The van der Waals surface area contributed by atoms with Gasteiger partial charge in [0.2, 0.25) is 0 Å². The summed E-state index contributed by atoms with van der Waals surface area (Å²) in [6, 6.07) is 1.16. The Morgan fingerprint density at radius 3 is 2.05 bits per heavy atom. The fourth-order valence-electron chi connectivity index (χ4n) is 1.70. The van der Waals surface area contributed by atoms with Crippen molar-refractivity contribution in [3.8, 4) is 11.3 Å². The zero-order chi connectivity index (χ0) is 16.6. The lowest BCUT2D eigenvalue weighted by molar-refractivity contribution is 0.0595. The fraction of sp³-hybridized carbons (Fsp3) is 0.0769. The number of carbonyl (C=O) groups excluding carboxylic acids is 1. The van der Waals surface area contributed by atoms with Gasteiger partial charge in [0.05, 0.1) is 37.8 Å². The molecule has 0 aliphatic rings. The molecular formula is C13H5Cl5FNO2. The van der Waals surface area contributed by atoms with Gasteiger partial charge in [-0.1, -0.05) is 58.0 Å². The maximum absolute atomic E-state index is 14.5. The molecule has 1 aromatic carbocycles. The van der Waals surface area contributed by atoms with Crippen LogP contribution in [0.25, 0.3) is 11.3 Å². The van der Waals surface area contributed by atoms with Crippen molar-refractivity contribution in [3.05, 3.63) is 48.8 Å². The Morgan fingerprint density at radius 2 is 1.55 bits per heavy atom. The summed E-state index contributed by atoms with van der Waals surface area (Å²) in [4.78, 5) is 15.4. The van der Waals surface area contributed by atoms with Crippen LogP contribution in [0.5, 0.6) is 0 Å². The van der Waals surface area contributed by atoms with E-state index in [-0.39, 0.29) is 41.9 Å². The monoisotopic (exact) mass is 401 g/mol. The van der Waals surface area contributed by atoms with Crippen LogP contribution < -0.4 is 0 Å². The summed E-state index contributed by atoms with van der Waals surface area (Å²) in [6.07, 6.45) is 1.20. The quantitative estimate of drug-likeness (QED) is 0.354. The second-order valence-corrected chi connectivity index (χ2v) is 5.85. The van der Waals surface area contributed by atoms with Crippen LogP contribution >= 0.6 is 58.0 Å². The van der Waals surface area contributed by atoms with Crippen molar-refractivity contribution in [2.24, 2.45) is 0 Å². The highest BCUT2D eigenvalue weighted by Gasteiger charge is 2.26. The topological polar surface area (TPSA) is 39.2 Å². The number of rotatable bonds is 2. The van der Waals surface area contributed by atoms with Gasteiger partial charge in [0.15, 0.2) is 5.82 Å². The number of aromatic nitrogens is 1. The highest BCUT2D eigenvalue weighted by molar-refractivity contribution is 6.56. The molecule has 0 amide bonds. The summed E-state index contributed by atoms with van der Waals surface area (Å²) in [6.45, 7) is 0. The summed E-state index contributed by atoms with van der Waals surface area (Å²) < 4.78 is 19.0. The zero-order valence-electron chi connectivity index (χ0n) is 10.7. The van der Waals surface area contributed by atoms with E-state index in [1.54, 1.807) is 0 Å². The predicted octanol–water partition coefficient (Wildman–Crippen LogP) is 5.94. The highest BCUT2D eigenvalue weighted by Crippen LogP contribution is 2.48. The SMILES string of the molecule is COC(=O)c1ccnc(-c2c(Cl)c(Cl)c(Cl)c(Cl)c2Cl)c1F. The maximum Gasteiger partial charge on any atom is 0.340 e. The van der Waals surface area contributed by atoms with Gasteiger partial charge in [-0.3, -0.25) is 4.98 Å². The number of nitrogens with zero attached hydrogens (tertiary/aromatic N) is 1. The molecule has 0 saturated carbocycles. The predicted molar refractivity (Wildman–Crippen MR) is 86.0 cm³/mol. The molecule has 2 aromatic rings. The third kappa shape index (κ3) is 2.86. The summed E-state index contributed by atoms with van der Waals surface area (Å²) >= 11 is 29.9. The standard InChI is InChI=1S/C13H5Cl5FNO2/c1-22-13(21)4-2-3-20-12(11(4)19)5-6(14)8(16)10(18)9(17)7(5)15/h2-3H,1H3. The molecule has 116 valence electrons. The number of hydrogen-bond donors (Lipinski definition) is 0. The van der Waals surface area contributed by atoms with Crippen molar-refractivity contribution in [2.45, 2.75) is 0 Å². The van der Waals surface area contributed by atoms with Crippen molar-refractivity contribution < 1.29 is 13.9 Å². The van der Waals surface area contributed by atoms with E-state index in [9.17, 15) is 9.18 Å². The Bertz CT molecular complexity index is 753. The van der Waals surface area contributed by atoms with Crippen LogP contribution in [0.1, 0.15) is 10.4 Å². The third-order valence-electron chi connectivity index (χ3n) is 2.74. The van der Waals surface area contributed by atoms with Crippen molar-refractivity contribution in [2.75, 3.05) is 7.11 Å². The van der Waals surface area contributed by atoms with Crippen LogP contribution in [0.2, 0.25) is 25.1 Å². The Morgan fingerprint density at radius 1 is 1.05 bits per heavy atom. The Labute approximate surface area is 149 Å². The first-order valence-corrected chi connectivity index (χ1v) is 7.44. The molecule has 0 aliphatic heterocycles. The van der Waals surface area contributed by atoms with Crippen LogP contribution in [0.15, 0.2) is 12.3 Å². The van der Waals surface area contributed by atoms with Crippen molar-refractivity contribution in [3.63, 3.8) is 0 Å². The van der Waals surface area contributed by atoms with Gasteiger partial charge in [-0.05, 0) is 6.07 Å². The number of carbonyl (C=O) groups is 1. The number of benzene rings is 1. The minimum atomic E-state index is -0.965. The Kier molecular flexibility index (Phi) is 5.41. The van der Waals surface area contributed by atoms with Crippen molar-refractivity contribution in [1.29, 1.82) is 0 Å². The number of ether oxygens (including phenoxy) is 1. The lowest BCUT2D eigenvalue weighted by atomic mass is 10.1. The molecule has 0 atom stereocenters. The van der Waals surface area contributed by atoms with E-state index in [1.165, 1.54) is 6.20 Å². The van der Waals surface area contributed by atoms with Crippen LogP contribution in [-0.2, 0) is 4.74 Å². The van der Waals surface area contributed by atoms with E-state index >= 15 is 0 Å². The summed E-state index contributed by atoms with van der Waals surface area (Å²) in [5.41, 5.74) is -0.689.